The van der Waals surface area contributed by atoms with E-state index in [9.17, 15) is 18.3 Å². The van der Waals surface area contributed by atoms with E-state index in [4.69, 9.17) is 11.6 Å². The Morgan fingerprint density at radius 2 is 2.03 bits per heavy atom. The first-order valence-corrected chi connectivity index (χ1v) is 11.7. The molecule has 0 aliphatic carbocycles. The van der Waals surface area contributed by atoms with Gasteiger partial charge in [0.2, 0.25) is 5.88 Å². The molecule has 176 valence electrons. The lowest BCUT2D eigenvalue weighted by Crippen LogP contribution is -2.45. The van der Waals surface area contributed by atoms with Crippen LogP contribution in [0.2, 0.25) is 5.02 Å². The van der Waals surface area contributed by atoms with Crippen molar-refractivity contribution in [2.45, 2.75) is 12.6 Å². The number of aromatic hydroxyl groups is 1. The molecule has 0 saturated carbocycles. The molecular formula is C23H19ClF3N5OS. The molecule has 2 aliphatic heterocycles. The van der Waals surface area contributed by atoms with Gasteiger partial charge in [0.15, 0.2) is 5.13 Å². The second-order valence-corrected chi connectivity index (χ2v) is 9.59. The fourth-order valence-electron chi connectivity index (χ4n) is 3.87. The highest BCUT2D eigenvalue weighted by Gasteiger charge is 2.34. The number of nitrogens with zero attached hydrogens (tertiary/aromatic N) is 3. The van der Waals surface area contributed by atoms with Crippen molar-refractivity contribution in [1.29, 1.82) is 0 Å². The lowest BCUT2D eigenvalue weighted by atomic mass is 9.96. The molecule has 0 radical (unpaired) electrons. The average molecular weight is 506 g/mol. The molecule has 1 saturated heterocycles. The predicted molar refractivity (Wildman–Crippen MR) is 126 cm³/mol. The number of hydrogen-bond donors (Lipinski definition) is 3. The summed E-state index contributed by atoms with van der Waals surface area (Å²) >= 11 is 7.08. The van der Waals surface area contributed by atoms with Crippen molar-refractivity contribution >= 4 is 39.9 Å². The summed E-state index contributed by atoms with van der Waals surface area (Å²) in [5.74, 6) is 0.247. The zero-order valence-electron chi connectivity index (χ0n) is 17.7. The van der Waals surface area contributed by atoms with Crippen LogP contribution in [0.25, 0.3) is 5.57 Å². The molecule has 2 aromatic carbocycles. The third kappa shape index (κ3) is 4.66. The molecule has 1 aromatic heterocycles. The minimum atomic E-state index is -4.58. The maximum Gasteiger partial charge on any atom is 0.416 e. The van der Waals surface area contributed by atoms with Crippen molar-refractivity contribution in [3.8, 4) is 5.88 Å². The van der Waals surface area contributed by atoms with E-state index >= 15 is 0 Å². The Bertz CT molecular complexity index is 1400. The number of rotatable bonds is 6. The number of fused-ring (bicyclic) bond motifs is 1. The highest BCUT2D eigenvalue weighted by molar-refractivity contribution is 7.16. The summed E-state index contributed by atoms with van der Waals surface area (Å²) in [6.45, 7) is 2.52. The maximum absolute atomic E-state index is 13.8. The summed E-state index contributed by atoms with van der Waals surface area (Å²) in [4.78, 5) is 4.63. The third-order valence-corrected chi connectivity index (χ3v) is 7.07. The Kier molecular flexibility index (Phi) is 6.05. The highest BCUT2D eigenvalue weighted by atomic mass is 35.5. The molecule has 0 unspecified atom stereocenters. The third-order valence-electron chi connectivity index (χ3n) is 5.77. The number of thiazole rings is 1. The van der Waals surface area contributed by atoms with E-state index in [0.29, 0.717) is 38.6 Å². The second kappa shape index (κ2) is 9.01. The van der Waals surface area contributed by atoms with E-state index in [2.05, 4.69) is 25.8 Å². The summed E-state index contributed by atoms with van der Waals surface area (Å²) in [7, 11) is 0. The molecule has 0 bridgehead atoms. The molecule has 0 amide bonds. The normalized spacial score (nSPS) is 16.1. The van der Waals surface area contributed by atoms with Gasteiger partial charge in [0.05, 0.1) is 22.0 Å². The number of anilines is 1. The molecule has 3 N–H and O–H groups in total. The van der Waals surface area contributed by atoms with Crippen LogP contribution in [0.5, 0.6) is 5.88 Å². The number of alkyl halides is 3. The van der Waals surface area contributed by atoms with E-state index in [1.54, 1.807) is 24.4 Å². The van der Waals surface area contributed by atoms with Crippen LogP contribution < -0.4 is 21.2 Å². The summed E-state index contributed by atoms with van der Waals surface area (Å²) in [5.41, 5.74) is 0.509. The van der Waals surface area contributed by atoms with E-state index in [0.717, 1.165) is 24.7 Å². The zero-order valence-corrected chi connectivity index (χ0v) is 19.2. The van der Waals surface area contributed by atoms with Gasteiger partial charge in [-0.3, -0.25) is 0 Å². The minimum absolute atomic E-state index is 0.00517. The summed E-state index contributed by atoms with van der Waals surface area (Å²) < 4.78 is 41.4. The molecular weight excluding hydrogens is 487 g/mol. The topological polar surface area (TPSA) is 81.9 Å². The molecule has 0 spiro atoms. The molecule has 3 heterocycles. The van der Waals surface area contributed by atoms with Gasteiger partial charge in [-0.2, -0.15) is 28.4 Å². The average Bonchev–Trinajstić information content (AvgIpc) is 3.37. The van der Waals surface area contributed by atoms with Gasteiger partial charge in [-0.25, -0.2) is 0 Å². The molecule has 6 nitrogen and oxygen atoms in total. The van der Waals surface area contributed by atoms with Gasteiger partial charge >= 0.3 is 6.18 Å². The number of halogens is 4. The van der Waals surface area contributed by atoms with Gasteiger partial charge in [-0.05, 0) is 40.6 Å². The van der Waals surface area contributed by atoms with Crippen LogP contribution in [0.1, 0.15) is 21.6 Å². The van der Waals surface area contributed by atoms with Crippen molar-refractivity contribution in [3.63, 3.8) is 0 Å². The van der Waals surface area contributed by atoms with Crippen LogP contribution in [0.3, 0.4) is 0 Å². The van der Waals surface area contributed by atoms with Crippen LogP contribution in [0, 0.1) is 5.92 Å². The number of hydrogen-bond acceptors (Lipinski definition) is 7. The largest absolute Gasteiger partial charge is 0.492 e. The Morgan fingerprint density at radius 1 is 1.21 bits per heavy atom. The predicted octanol–water partition coefficient (Wildman–Crippen LogP) is 3.56. The van der Waals surface area contributed by atoms with E-state index in [1.165, 1.54) is 23.5 Å². The van der Waals surface area contributed by atoms with Crippen LogP contribution >= 0.6 is 22.9 Å². The smallest absolute Gasteiger partial charge is 0.416 e. The minimum Gasteiger partial charge on any atom is -0.492 e. The number of nitrogens with one attached hydrogen (secondary N) is 2. The second-order valence-electron chi connectivity index (χ2n) is 8.15. The first-order chi connectivity index (χ1) is 16.3. The number of benzene rings is 2. The van der Waals surface area contributed by atoms with Crippen molar-refractivity contribution in [2.24, 2.45) is 16.1 Å². The van der Waals surface area contributed by atoms with Crippen molar-refractivity contribution in [3.05, 3.63) is 73.6 Å². The van der Waals surface area contributed by atoms with Crippen molar-refractivity contribution < 1.29 is 18.3 Å². The van der Waals surface area contributed by atoms with Gasteiger partial charge in [0.1, 0.15) is 0 Å². The molecule has 3 aromatic rings. The Morgan fingerprint density at radius 3 is 2.76 bits per heavy atom. The van der Waals surface area contributed by atoms with Crippen LogP contribution in [-0.4, -0.2) is 35.9 Å². The summed E-state index contributed by atoms with van der Waals surface area (Å²) in [5, 5.41) is 26.9. The maximum atomic E-state index is 13.8. The highest BCUT2D eigenvalue weighted by Crippen LogP contribution is 2.38. The van der Waals surface area contributed by atoms with Crippen LogP contribution in [0.15, 0.2) is 46.6 Å². The standard InChI is InChI=1S/C23H19ClF3N5OS/c24-16-3-1-14(18(7-16)23(25,26)27)6-17(13-2-4-19-15(5-13)11-30-32-19)20-21(33)31-22(34-20)29-10-12-8-28-9-12/h1-5,7,11-12,28,33H,6,8-10H2,(H,29,31). The Balaban J connectivity index is 1.61. The Labute approximate surface area is 201 Å². The lowest BCUT2D eigenvalue weighted by molar-refractivity contribution is -0.138. The van der Waals surface area contributed by atoms with Crippen molar-refractivity contribution in [2.75, 3.05) is 25.0 Å². The molecule has 2 aliphatic rings. The molecule has 34 heavy (non-hydrogen) atoms. The van der Waals surface area contributed by atoms with Crippen molar-refractivity contribution in [1.82, 2.24) is 10.3 Å². The fraction of sp³-hybridized carbons (Fsp3) is 0.261. The quantitative estimate of drug-likeness (QED) is 0.478. The SMILES string of the molecule is Oc1nc(NCC2CNC2)sc1C(Cc1ccc(Cl)cc1C(F)(F)F)=c1ccc2c(c1)C=NN=2. The van der Waals surface area contributed by atoms with E-state index in [-0.39, 0.29) is 22.9 Å². The molecule has 11 heteroatoms. The first kappa shape index (κ1) is 22.8. The van der Waals surface area contributed by atoms with Gasteiger partial charge in [0, 0.05) is 42.6 Å². The fourth-order valence-corrected chi connectivity index (χ4v) is 4.97. The van der Waals surface area contributed by atoms with Crippen LogP contribution in [-0.2, 0) is 12.6 Å². The zero-order chi connectivity index (χ0) is 23.9. The summed E-state index contributed by atoms with van der Waals surface area (Å²) in [6.07, 6.45) is -3.07. The monoisotopic (exact) mass is 505 g/mol. The Hall–Kier alpha value is -2.95. The van der Waals surface area contributed by atoms with E-state index < -0.39 is 11.7 Å². The first-order valence-electron chi connectivity index (χ1n) is 10.5. The lowest BCUT2D eigenvalue weighted by Gasteiger charge is -2.26. The molecule has 5 rings (SSSR count). The van der Waals surface area contributed by atoms with Crippen LogP contribution in [0.4, 0.5) is 18.3 Å². The van der Waals surface area contributed by atoms with Gasteiger partial charge in [0.25, 0.3) is 0 Å². The van der Waals surface area contributed by atoms with E-state index in [1.807, 2.05) is 0 Å². The molecule has 1 fully saturated rings. The summed E-state index contributed by atoms with van der Waals surface area (Å²) in [6, 6.07) is 9.06. The van der Waals surface area contributed by atoms with Gasteiger partial charge in [-0.15, -0.1) is 0 Å². The van der Waals surface area contributed by atoms with Gasteiger partial charge in [-0.1, -0.05) is 35.1 Å². The molecule has 0 atom stereocenters. The van der Waals surface area contributed by atoms with Gasteiger partial charge < -0.3 is 15.7 Å². The number of aromatic nitrogens is 1.